The molecule has 1 saturated carbocycles. The quantitative estimate of drug-likeness (QED) is 0.718. The second kappa shape index (κ2) is 7.06. The third-order valence-corrected chi connectivity index (χ3v) is 6.06. The van der Waals surface area contributed by atoms with E-state index in [1.807, 2.05) is 22.9 Å². The first-order valence-electron chi connectivity index (χ1n) is 10.2. The third-order valence-electron chi connectivity index (χ3n) is 6.06. The van der Waals surface area contributed by atoms with Crippen molar-refractivity contribution in [1.82, 2.24) is 20.2 Å². The van der Waals surface area contributed by atoms with E-state index in [4.69, 9.17) is 9.47 Å². The van der Waals surface area contributed by atoms with Crippen LogP contribution in [0.1, 0.15) is 44.0 Å². The first kappa shape index (κ1) is 18.0. The van der Waals surface area contributed by atoms with Crippen LogP contribution in [0.3, 0.4) is 0 Å². The lowest BCUT2D eigenvalue weighted by atomic mass is 9.76. The molecule has 0 radical (unpaired) electrons. The van der Waals surface area contributed by atoms with E-state index < -0.39 is 0 Å². The number of benzene rings is 2. The summed E-state index contributed by atoms with van der Waals surface area (Å²) in [6.45, 7) is 4.66. The summed E-state index contributed by atoms with van der Waals surface area (Å²) in [5, 5.41) is 16.6. The van der Waals surface area contributed by atoms with Crippen molar-refractivity contribution in [2.24, 2.45) is 5.92 Å². The minimum absolute atomic E-state index is 0.248. The molecule has 1 aliphatic carbocycles. The second-order valence-electron chi connectivity index (χ2n) is 8.21. The highest BCUT2D eigenvalue weighted by Gasteiger charge is 2.41. The standard InChI is InChI=1S/C22H25N5O2/c1-15-3-5-17(6-4-15)23-22(11-9-16(2)10-12-22)21-24-25-26-27(21)18-7-8-19-20(13-18)29-14-28-19/h3-8,13,16,23H,9-12,14H2,1-2H3. The number of aryl methyl sites for hydroxylation is 1. The van der Waals surface area contributed by atoms with E-state index in [9.17, 15) is 0 Å². The molecule has 1 N–H and O–H groups in total. The number of ether oxygens (including phenoxy) is 2. The molecule has 5 rings (SSSR count). The molecule has 2 aliphatic rings. The Morgan fingerprint density at radius 3 is 2.59 bits per heavy atom. The summed E-state index contributed by atoms with van der Waals surface area (Å²) in [6, 6.07) is 14.3. The molecule has 0 atom stereocenters. The minimum atomic E-state index is -0.318. The van der Waals surface area contributed by atoms with Gasteiger partial charge in [0.25, 0.3) is 0 Å². The number of hydrogen-bond donors (Lipinski definition) is 1. The summed E-state index contributed by atoms with van der Waals surface area (Å²) in [7, 11) is 0. The number of rotatable bonds is 4. The molecule has 7 heteroatoms. The van der Waals surface area contributed by atoms with Gasteiger partial charge in [-0.1, -0.05) is 24.6 Å². The number of tetrazole rings is 1. The Labute approximate surface area is 170 Å². The van der Waals surface area contributed by atoms with Crippen molar-refractivity contribution < 1.29 is 9.47 Å². The minimum Gasteiger partial charge on any atom is -0.454 e. The fourth-order valence-corrected chi connectivity index (χ4v) is 4.25. The van der Waals surface area contributed by atoms with E-state index in [2.05, 4.69) is 59.0 Å². The Morgan fingerprint density at radius 2 is 1.79 bits per heavy atom. The molecule has 0 unspecified atom stereocenters. The van der Waals surface area contributed by atoms with Crippen molar-refractivity contribution in [2.75, 3.05) is 12.1 Å². The largest absolute Gasteiger partial charge is 0.454 e. The molecule has 29 heavy (non-hydrogen) atoms. The van der Waals surface area contributed by atoms with Crippen LogP contribution in [-0.4, -0.2) is 27.0 Å². The molecule has 2 aromatic carbocycles. The summed E-state index contributed by atoms with van der Waals surface area (Å²) in [5.41, 5.74) is 2.89. The van der Waals surface area contributed by atoms with Crippen molar-refractivity contribution in [3.8, 4) is 17.2 Å². The fourth-order valence-electron chi connectivity index (χ4n) is 4.25. The van der Waals surface area contributed by atoms with Crippen LogP contribution in [0.2, 0.25) is 0 Å². The van der Waals surface area contributed by atoms with Gasteiger partial charge in [-0.05, 0) is 73.2 Å². The molecule has 1 fully saturated rings. The highest BCUT2D eigenvalue weighted by Crippen LogP contribution is 2.42. The number of aromatic nitrogens is 4. The van der Waals surface area contributed by atoms with E-state index in [1.54, 1.807) is 0 Å². The molecular weight excluding hydrogens is 366 g/mol. The van der Waals surface area contributed by atoms with Gasteiger partial charge in [0.1, 0.15) is 0 Å². The fraction of sp³-hybridized carbons (Fsp3) is 0.409. The predicted octanol–water partition coefficient (Wildman–Crippen LogP) is 4.22. The Kier molecular flexibility index (Phi) is 4.38. The van der Waals surface area contributed by atoms with E-state index >= 15 is 0 Å². The van der Waals surface area contributed by atoms with Crippen molar-refractivity contribution >= 4 is 5.69 Å². The molecule has 1 aromatic heterocycles. The lowest BCUT2D eigenvalue weighted by Crippen LogP contribution is -2.41. The van der Waals surface area contributed by atoms with Gasteiger partial charge in [-0.3, -0.25) is 0 Å². The first-order chi connectivity index (χ1) is 14.1. The van der Waals surface area contributed by atoms with Crippen LogP contribution in [0, 0.1) is 12.8 Å². The average Bonchev–Trinajstić information content (AvgIpc) is 3.40. The van der Waals surface area contributed by atoms with E-state index in [-0.39, 0.29) is 12.3 Å². The van der Waals surface area contributed by atoms with Gasteiger partial charge in [-0.2, -0.15) is 4.68 Å². The van der Waals surface area contributed by atoms with Crippen LogP contribution >= 0.6 is 0 Å². The van der Waals surface area contributed by atoms with E-state index in [0.29, 0.717) is 5.92 Å². The van der Waals surface area contributed by atoms with Crippen LogP contribution in [0.15, 0.2) is 42.5 Å². The Morgan fingerprint density at radius 1 is 1.03 bits per heavy atom. The molecule has 0 bridgehead atoms. The van der Waals surface area contributed by atoms with Crippen LogP contribution in [0.25, 0.3) is 5.69 Å². The lowest BCUT2D eigenvalue weighted by Gasteiger charge is -2.39. The van der Waals surface area contributed by atoms with Gasteiger partial charge in [-0.15, -0.1) is 5.10 Å². The maximum absolute atomic E-state index is 5.55. The lowest BCUT2D eigenvalue weighted by molar-refractivity contribution is 0.174. The molecule has 2 heterocycles. The van der Waals surface area contributed by atoms with Crippen LogP contribution in [0.5, 0.6) is 11.5 Å². The number of fused-ring (bicyclic) bond motifs is 1. The zero-order valence-electron chi connectivity index (χ0n) is 16.8. The SMILES string of the molecule is Cc1ccc(NC2(c3nnnn3-c3ccc4c(c3)OCO4)CCC(C)CC2)cc1. The maximum atomic E-state index is 5.55. The Balaban J connectivity index is 1.55. The first-order valence-corrected chi connectivity index (χ1v) is 10.2. The molecule has 7 nitrogen and oxygen atoms in total. The summed E-state index contributed by atoms with van der Waals surface area (Å²) < 4.78 is 12.8. The summed E-state index contributed by atoms with van der Waals surface area (Å²) >= 11 is 0. The van der Waals surface area contributed by atoms with Gasteiger partial charge < -0.3 is 14.8 Å². The highest BCUT2D eigenvalue weighted by molar-refractivity contribution is 5.51. The van der Waals surface area contributed by atoms with E-state index in [1.165, 1.54) is 5.56 Å². The van der Waals surface area contributed by atoms with Crippen molar-refractivity contribution in [1.29, 1.82) is 0 Å². The van der Waals surface area contributed by atoms with Crippen LogP contribution in [0.4, 0.5) is 5.69 Å². The molecular formula is C22H25N5O2. The monoisotopic (exact) mass is 391 g/mol. The van der Waals surface area contributed by atoms with Crippen LogP contribution in [-0.2, 0) is 5.54 Å². The zero-order chi connectivity index (χ0) is 19.8. The average molecular weight is 391 g/mol. The smallest absolute Gasteiger partial charge is 0.231 e. The zero-order valence-corrected chi connectivity index (χ0v) is 16.8. The molecule has 150 valence electrons. The van der Waals surface area contributed by atoms with Gasteiger partial charge >= 0.3 is 0 Å². The maximum Gasteiger partial charge on any atom is 0.231 e. The van der Waals surface area contributed by atoms with Gasteiger partial charge in [0.15, 0.2) is 17.3 Å². The normalized spacial score (nSPS) is 23.2. The molecule has 3 aromatic rings. The summed E-state index contributed by atoms with van der Waals surface area (Å²) in [4.78, 5) is 0. The van der Waals surface area contributed by atoms with Gasteiger partial charge in [-0.25, -0.2) is 0 Å². The number of anilines is 1. The second-order valence-corrected chi connectivity index (χ2v) is 8.21. The predicted molar refractivity (Wildman–Crippen MR) is 109 cm³/mol. The molecule has 0 spiro atoms. The van der Waals surface area contributed by atoms with E-state index in [0.717, 1.165) is 54.4 Å². The Bertz CT molecular complexity index is 1010. The van der Waals surface area contributed by atoms with Gasteiger partial charge in [0.2, 0.25) is 6.79 Å². The van der Waals surface area contributed by atoms with Crippen LogP contribution < -0.4 is 14.8 Å². The number of nitrogens with zero attached hydrogens (tertiary/aromatic N) is 4. The summed E-state index contributed by atoms with van der Waals surface area (Å²) in [5.74, 6) is 3.02. The van der Waals surface area contributed by atoms with Crippen molar-refractivity contribution in [3.05, 3.63) is 53.9 Å². The van der Waals surface area contributed by atoms with Crippen molar-refractivity contribution in [2.45, 2.75) is 45.1 Å². The summed E-state index contributed by atoms with van der Waals surface area (Å²) in [6.07, 6.45) is 4.22. The Hall–Kier alpha value is -3.09. The van der Waals surface area contributed by atoms with Gasteiger partial charge in [0.05, 0.1) is 11.2 Å². The molecule has 0 amide bonds. The highest BCUT2D eigenvalue weighted by atomic mass is 16.7. The number of nitrogens with one attached hydrogen (secondary N) is 1. The number of hydrogen-bond acceptors (Lipinski definition) is 6. The van der Waals surface area contributed by atoms with Gasteiger partial charge in [0, 0.05) is 11.8 Å². The molecule has 1 aliphatic heterocycles. The topological polar surface area (TPSA) is 74.1 Å². The molecule has 0 saturated heterocycles. The third kappa shape index (κ3) is 3.30. The van der Waals surface area contributed by atoms with Crippen molar-refractivity contribution in [3.63, 3.8) is 0 Å².